The van der Waals surface area contributed by atoms with Crippen molar-refractivity contribution in [1.29, 1.82) is 0 Å². The Labute approximate surface area is 128 Å². The Morgan fingerprint density at radius 1 is 1.39 bits per heavy atom. The Morgan fingerprint density at radius 3 is 2.87 bits per heavy atom. The lowest BCUT2D eigenvalue weighted by Gasteiger charge is -2.03. The molecular formula is C14H12F2N4O3. The summed E-state index contributed by atoms with van der Waals surface area (Å²) in [6.45, 7) is -0.365. The smallest absolute Gasteiger partial charge is 0.325 e. The maximum atomic E-state index is 13.7. The zero-order valence-electron chi connectivity index (χ0n) is 11.7. The zero-order valence-corrected chi connectivity index (χ0v) is 11.7. The number of nitrogens with one attached hydrogen (secondary N) is 1. The number of rotatable bonds is 5. The van der Waals surface area contributed by atoms with Crippen molar-refractivity contribution >= 4 is 17.8 Å². The maximum Gasteiger partial charge on any atom is 0.325 e. The molecule has 3 rings (SSSR count). The minimum Gasteiger partial charge on any atom is -0.480 e. The van der Waals surface area contributed by atoms with Crippen molar-refractivity contribution in [3.8, 4) is 0 Å². The second-order valence-corrected chi connectivity index (χ2v) is 5.26. The topological polar surface area (TPSA) is 97.1 Å². The predicted octanol–water partition coefficient (Wildman–Crippen LogP) is 1.38. The summed E-state index contributed by atoms with van der Waals surface area (Å²) in [7, 11) is 0. The van der Waals surface area contributed by atoms with E-state index in [4.69, 9.17) is 5.11 Å². The van der Waals surface area contributed by atoms with Gasteiger partial charge < -0.3 is 5.11 Å². The van der Waals surface area contributed by atoms with Gasteiger partial charge in [0, 0.05) is 12.0 Å². The van der Waals surface area contributed by atoms with Crippen molar-refractivity contribution in [2.75, 3.05) is 5.32 Å². The molecule has 1 saturated carbocycles. The van der Waals surface area contributed by atoms with Crippen LogP contribution in [0.1, 0.15) is 17.9 Å². The van der Waals surface area contributed by atoms with E-state index in [2.05, 4.69) is 15.4 Å². The first kappa shape index (κ1) is 15.1. The van der Waals surface area contributed by atoms with Crippen LogP contribution in [0.4, 0.5) is 14.7 Å². The number of aromatic nitrogens is 3. The van der Waals surface area contributed by atoms with Gasteiger partial charge in [0.25, 0.3) is 0 Å². The summed E-state index contributed by atoms with van der Waals surface area (Å²) >= 11 is 0. The lowest BCUT2D eigenvalue weighted by molar-refractivity contribution is -0.137. The number of carbonyl (C=O) groups excluding carboxylic acids is 1. The molecule has 2 atom stereocenters. The molecule has 1 fully saturated rings. The summed E-state index contributed by atoms with van der Waals surface area (Å²) in [5.41, 5.74) is 0.302. The molecule has 2 N–H and O–H groups in total. The fourth-order valence-electron chi connectivity index (χ4n) is 2.40. The molecule has 9 heteroatoms. The van der Waals surface area contributed by atoms with Crippen LogP contribution in [-0.4, -0.2) is 31.7 Å². The summed E-state index contributed by atoms with van der Waals surface area (Å²) in [6.07, 6.45) is 1.64. The third-order valence-electron chi connectivity index (χ3n) is 3.56. The summed E-state index contributed by atoms with van der Waals surface area (Å²) in [4.78, 5) is 26.4. The first-order valence-corrected chi connectivity index (χ1v) is 6.81. The van der Waals surface area contributed by atoms with Crippen molar-refractivity contribution in [2.45, 2.75) is 18.9 Å². The van der Waals surface area contributed by atoms with E-state index in [1.807, 2.05) is 0 Å². The molecule has 1 aliphatic carbocycles. The summed E-state index contributed by atoms with van der Waals surface area (Å²) in [6, 6.07) is 3.28. The van der Waals surface area contributed by atoms with E-state index < -0.39 is 23.5 Å². The standard InChI is InChI=1S/C14H12F2N4O3/c15-7-1-2-8(11(16)3-7)9-4-10(9)13(23)18-14-17-6-20(19-14)5-12(21)22/h1-3,6,9-10H,4-5H2,(H,21,22)(H,18,19,23)/t9-,10+/m0/s1. The highest BCUT2D eigenvalue weighted by molar-refractivity contribution is 5.93. The van der Waals surface area contributed by atoms with Gasteiger partial charge in [-0.25, -0.2) is 18.4 Å². The molecule has 0 bridgehead atoms. The number of nitrogens with zero attached hydrogens (tertiary/aromatic N) is 3. The summed E-state index contributed by atoms with van der Waals surface area (Å²) in [5.74, 6) is -3.57. The van der Waals surface area contributed by atoms with Crippen LogP contribution in [0.25, 0.3) is 0 Å². The largest absolute Gasteiger partial charge is 0.480 e. The lowest BCUT2D eigenvalue weighted by atomic mass is 10.1. The van der Waals surface area contributed by atoms with Gasteiger partial charge in [0.15, 0.2) is 0 Å². The SMILES string of the molecule is O=C(O)Cn1cnc(NC(=O)[C@@H]2C[C@H]2c2ccc(F)cc2F)n1. The molecule has 0 unspecified atom stereocenters. The molecule has 0 radical (unpaired) electrons. The van der Waals surface area contributed by atoms with E-state index in [-0.39, 0.29) is 24.3 Å². The molecule has 1 aromatic carbocycles. The normalized spacial score (nSPS) is 19.4. The van der Waals surface area contributed by atoms with Crippen LogP contribution in [0, 0.1) is 17.6 Å². The van der Waals surface area contributed by atoms with Crippen LogP contribution in [-0.2, 0) is 16.1 Å². The summed E-state index contributed by atoms with van der Waals surface area (Å²) in [5, 5.41) is 14.9. The van der Waals surface area contributed by atoms with Crippen LogP contribution in [0.2, 0.25) is 0 Å². The number of carbonyl (C=O) groups is 2. The molecular weight excluding hydrogens is 310 g/mol. The predicted molar refractivity (Wildman–Crippen MR) is 73.5 cm³/mol. The van der Waals surface area contributed by atoms with Gasteiger partial charge in [-0.2, -0.15) is 0 Å². The second kappa shape index (κ2) is 5.75. The highest BCUT2D eigenvalue weighted by atomic mass is 19.1. The number of carboxylic acid groups (broad SMARTS) is 1. The zero-order chi connectivity index (χ0) is 16.6. The summed E-state index contributed by atoms with van der Waals surface area (Å²) < 4.78 is 27.6. The fraction of sp³-hybridized carbons (Fsp3) is 0.286. The number of carboxylic acids is 1. The third kappa shape index (κ3) is 3.33. The number of hydrogen-bond acceptors (Lipinski definition) is 4. The van der Waals surface area contributed by atoms with Crippen LogP contribution >= 0.6 is 0 Å². The Bertz CT molecular complexity index is 777. The minimum atomic E-state index is -1.08. The van der Waals surface area contributed by atoms with Crippen molar-refractivity contribution < 1.29 is 23.5 Å². The van der Waals surface area contributed by atoms with Gasteiger partial charge in [-0.05, 0) is 24.0 Å². The Kier molecular flexibility index (Phi) is 3.77. The first-order chi connectivity index (χ1) is 10.9. The van der Waals surface area contributed by atoms with Crippen LogP contribution < -0.4 is 5.32 Å². The maximum absolute atomic E-state index is 13.7. The monoisotopic (exact) mass is 322 g/mol. The van der Waals surface area contributed by atoms with Crippen molar-refractivity contribution in [2.24, 2.45) is 5.92 Å². The molecule has 1 aliphatic rings. The molecule has 0 saturated heterocycles. The van der Waals surface area contributed by atoms with Gasteiger partial charge in [0.2, 0.25) is 11.9 Å². The highest BCUT2D eigenvalue weighted by Crippen LogP contribution is 2.48. The Morgan fingerprint density at radius 2 is 2.17 bits per heavy atom. The van der Waals surface area contributed by atoms with Gasteiger partial charge in [-0.1, -0.05) is 6.07 Å². The third-order valence-corrected chi connectivity index (χ3v) is 3.56. The Balaban J connectivity index is 1.62. The first-order valence-electron chi connectivity index (χ1n) is 6.81. The van der Waals surface area contributed by atoms with E-state index in [9.17, 15) is 18.4 Å². The van der Waals surface area contributed by atoms with Gasteiger partial charge >= 0.3 is 5.97 Å². The van der Waals surface area contributed by atoms with Crippen LogP contribution in [0.5, 0.6) is 0 Å². The van der Waals surface area contributed by atoms with E-state index in [1.165, 1.54) is 12.4 Å². The number of amides is 1. The number of halogens is 2. The number of benzene rings is 1. The van der Waals surface area contributed by atoms with Gasteiger partial charge in [0.1, 0.15) is 24.5 Å². The van der Waals surface area contributed by atoms with E-state index in [0.29, 0.717) is 12.0 Å². The highest BCUT2D eigenvalue weighted by Gasteiger charge is 2.45. The van der Waals surface area contributed by atoms with E-state index in [1.54, 1.807) is 0 Å². The van der Waals surface area contributed by atoms with Crippen molar-refractivity contribution in [3.63, 3.8) is 0 Å². The average molecular weight is 322 g/mol. The minimum absolute atomic E-state index is 0.0125. The number of aliphatic carboxylic acids is 1. The lowest BCUT2D eigenvalue weighted by Crippen LogP contribution is -2.16. The molecule has 120 valence electrons. The molecule has 7 nitrogen and oxygen atoms in total. The Hall–Kier alpha value is -2.84. The van der Waals surface area contributed by atoms with Crippen molar-refractivity contribution in [1.82, 2.24) is 14.8 Å². The second-order valence-electron chi connectivity index (χ2n) is 5.26. The average Bonchev–Trinajstić information content (AvgIpc) is 3.13. The molecule has 1 amide bonds. The quantitative estimate of drug-likeness (QED) is 0.867. The molecule has 23 heavy (non-hydrogen) atoms. The number of anilines is 1. The van der Waals surface area contributed by atoms with Gasteiger partial charge in [-0.3, -0.25) is 14.9 Å². The van der Waals surface area contributed by atoms with Gasteiger partial charge in [0.05, 0.1) is 0 Å². The fourth-order valence-corrected chi connectivity index (χ4v) is 2.40. The molecule has 1 aromatic heterocycles. The van der Waals surface area contributed by atoms with Crippen LogP contribution in [0.15, 0.2) is 24.5 Å². The van der Waals surface area contributed by atoms with E-state index in [0.717, 1.165) is 16.8 Å². The molecule has 0 aliphatic heterocycles. The van der Waals surface area contributed by atoms with Crippen LogP contribution in [0.3, 0.4) is 0 Å². The molecule has 0 spiro atoms. The molecule has 1 heterocycles. The van der Waals surface area contributed by atoms with Crippen molar-refractivity contribution in [3.05, 3.63) is 41.7 Å². The van der Waals surface area contributed by atoms with E-state index >= 15 is 0 Å². The molecule has 2 aromatic rings. The van der Waals surface area contributed by atoms with Gasteiger partial charge in [-0.15, -0.1) is 5.10 Å². The number of hydrogen-bond donors (Lipinski definition) is 2.